The molecule has 0 aliphatic carbocycles. The van der Waals surface area contributed by atoms with E-state index in [-0.39, 0.29) is 30.3 Å². The van der Waals surface area contributed by atoms with E-state index in [1.54, 1.807) is 0 Å². The minimum atomic E-state index is -4.32. The Morgan fingerprint density at radius 3 is 2.78 bits per heavy atom. The van der Waals surface area contributed by atoms with Gasteiger partial charge in [0.05, 0.1) is 23.2 Å². The molecule has 5 nitrogen and oxygen atoms in total. The highest BCUT2D eigenvalue weighted by molar-refractivity contribution is 5.63. The minimum absolute atomic E-state index is 0.0737. The Labute approximate surface area is 99.9 Å². The lowest BCUT2D eigenvalue weighted by molar-refractivity contribution is -0.384. The molecule has 1 aliphatic heterocycles. The van der Waals surface area contributed by atoms with Gasteiger partial charge in [-0.15, -0.1) is 0 Å². The summed E-state index contributed by atoms with van der Waals surface area (Å²) in [5.41, 5.74) is 0.0202. The second-order valence-corrected chi connectivity index (χ2v) is 3.79. The van der Waals surface area contributed by atoms with Gasteiger partial charge in [0.2, 0.25) is 0 Å². The topological polar surface area (TPSA) is 55.6 Å². The first-order valence-corrected chi connectivity index (χ1v) is 5.10. The van der Waals surface area contributed by atoms with E-state index in [0.717, 1.165) is 17.0 Å². The fourth-order valence-corrected chi connectivity index (χ4v) is 1.76. The molecule has 0 amide bonds. The van der Waals surface area contributed by atoms with E-state index in [4.69, 9.17) is 4.74 Å². The van der Waals surface area contributed by atoms with Crippen LogP contribution in [-0.4, -0.2) is 30.8 Å². The van der Waals surface area contributed by atoms with Gasteiger partial charge in [0.15, 0.2) is 0 Å². The van der Waals surface area contributed by atoms with Crippen LogP contribution in [0.3, 0.4) is 0 Å². The van der Waals surface area contributed by atoms with Gasteiger partial charge in [-0.25, -0.2) is 0 Å². The molecule has 8 heteroatoms. The molecule has 0 saturated heterocycles. The van der Waals surface area contributed by atoms with Crippen LogP contribution in [0, 0.1) is 10.1 Å². The lowest BCUT2D eigenvalue weighted by Gasteiger charge is -2.31. The van der Waals surface area contributed by atoms with Crippen LogP contribution in [0.25, 0.3) is 0 Å². The average molecular weight is 262 g/mol. The molecule has 0 atom stereocenters. The first-order chi connectivity index (χ1) is 8.37. The molecule has 0 aromatic heterocycles. The first kappa shape index (κ1) is 12.5. The smallest absolute Gasteiger partial charge is 0.405 e. The molecule has 2 rings (SSSR count). The number of hydrogen-bond donors (Lipinski definition) is 0. The molecular formula is C10H9F3N2O3. The lowest BCUT2D eigenvalue weighted by atomic mass is 10.2. The molecule has 1 aromatic rings. The molecule has 1 heterocycles. The molecule has 1 aromatic carbocycles. The number of nitrogens with zero attached hydrogens (tertiary/aromatic N) is 2. The van der Waals surface area contributed by atoms with E-state index in [9.17, 15) is 23.3 Å². The molecule has 0 bridgehead atoms. The van der Waals surface area contributed by atoms with Crippen LogP contribution in [0.4, 0.5) is 24.5 Å². The number of anilines is 1. The van der Waals surface area contributed by atoms with Gasteiger partial charge < -0.3 is 9.64 Å². The zero-order valence-electron chi connectivity index (χ0n) is 9.11. The maximum absolute atomic E-state index is 12.4. The van der Waals surface area contributed by atoms with Gasteiger partial charge in [0.25, 0.3) is 5.69 Å². The van der Waals surface area contributed by atoms with Crippen molar-refractivity contribution in [3.8, 4) is 5.75 Å². The van der Waals surface area contributed by atoms with E-state index in [2.05, 4.69) is 0 Å². The van der Waals surface area contributed by atoms with Crippen LogP contribution in [0.1, 0.15) is 0 Å². The molecule has 1 aliphatic rings. The van der Waals surface area contributed by atoms with Crippen molar-refractivity contribution < 1.29 is 22.8 Å². The van der Waals surface area contributed by atoms with Crippen molar-refractivity contribution >= 4 is 11.4 Å². The summed E-state index contributed by atoms with van der Waals surface area (Å²) in [7, 11) is 0. The van der Waals surface area contributed by atoms with E-state index in [1.807, 2.05) is 0 Å². The van der Waals surface area contributed by atoms with Gasteiger partial charge in [0.1, 0.15) is 18.9 Å². The number of benzene rings is 1. The molecular weight excluding hydrogens is 253 g/mol. The van der Waals surface area contributed by atoms with Crippen LogP contribution in [0.2, 0.25) is 0 Å². The Balaban J connectivity index is 2.30. The van der Waals surface area contributed by atoms with Gasteiger partial charge >= 0.3 is 6.18 Å². The summed E-state index contributed by atoms with van der Waals surface area (Å²) < 4.78 is 42.2. The van der Waals surface area contributed by atoms with Crippen molar-refractivity contribution in [2.45, 2.75) is 6.18 Å². The average Bonchev–Trinajstić information content (AvgIpc) is 2.26. The van der Waals surface area contributed by atoms with Crippen molar-refractivity contribution in [2.75, 3.05) is 24.6 Å². The Morgan fingerprint density at radius 1 is 1.44 bits per heavy atom. The quantitative estimate of drug-likeness (QED) is 0.606. The zero-order valence-corrected chi connectivity index (χ0v) is 9.11. The zero-order chi connectivity index (χ0) is 13.3. The third-order valence-electron chi connectivity index (χ3n) is 2.48. The van der Waals surface area contributed by atoms with Crippen LogP contribution in [-0.2, 0) is 0 Å². The number of nitro benzene ring substituents is 1. The maximum Gasteiger partial charge on any atom is 0.405 e. The van der Waals surface area contributed by atoms with E-state index < -0.39 is 17.6 Å². The molecule has 0 spiro atoms. The Kier molecular flexibility index (Phi) is 3.02. The van der Waals surface area contributed by atoms with Crippen molar-refractivity contribution in [1.29, 1.82) is 0 Å². The SMILES string of the molecule is O=[N+]([O-])c1ccc2c(c1)OCCN2CC(F)(F)F. The third-order valence-corrected chi connectivity index (χ3v) is 2.48. The Hall–Kier alpha value is -1.99. The van der Waals surface area contributed by atoms with Gasteiger partial charge in [-0.1, -0.05) is 0 Å². The summed E-state index contributed by atoms with van der Waals surface area (Å²) >= 11 is 0. The van der Waals surface area contributed by atoms with Crippen LogP contribution in [0.15, 0.2) is 18.2 Å². The summed E-state index contributed by atoms with van der Waals surface area (Å²) in [5, 5.41) is 10.6. The summed E-state index contributed by atoms with van der Waals surface area (Å²) in [6, 6.07) is 3.58. The standard InChI is InChI=1S/C10H9F3N2O3/c11-10(12,13)6-14-3-4-18-9-5-7(15(16)17)1-2-8(9)14/h1-2,5H,3-4,6H2. The fourth-order valence-electron chi connectivity index (χ4n) is 1.76. The summed E-state index contributed by atoms with van der Waals surface area (Å²) in [6.45, 7) is -0.921. The molecule has 98 valence electrons. The van der Waals surface area contributed by atoms with Crippen LogP contribution >= 0.6 is 0 Å². The monoisotopic (exact) mass is 262 g/mol. The van der Waals surface area contributed by atoms with Crippen molar-refractivity contribution in [1.82, 2.24) is 0 Å². The van der Waals surface area contributed by atoms with Gasteiger partial charge in [-0.05, 0) is 6.07 Å². The normalized spacial score (nSPS) is 14.9. The summed E-state index contributed by atoms with van der Waals surface area (Å²) in [6.07, 6.45) is -4.32. The predicted molar refractivity (Wildman–Crippen MR) is 56.9 cm³/mol. The van der Waals surface area contributed by atoms with Crippen LogP contribution < -0.4 is 9.64 Å². The van der Waals surface area contributed by atoms with E-state index >= 15 is 0 Å². The number of halogens is 3. The second-order valence-electron chi connectivity index (χ2n) is 3.79. The number of rotatable bonds is 2. The summed E-state index contributed by atoms with van der Waals surface area (Å²) in [4.78, 5) is 11.0. The first-order valence-electron chi connectivity index (χ1n) is 5.10. The second kappa shape index (κ2) is 4.35. The number of fused-ring (bicyclic) bond motifs is 1. The number of non-ortho nitro benzene ring substituents is 1. The largest absolute Gasteiger partial charge is 0.489 e. The lowest BCUT2D eigenvalue weighted by Crippen LogP contribution is -2.39. The minimum Gasteiger partial charge on any atom is -0.489 e. The van der Waals surface area contributed by atoms with Crippen LogP contribution in [0.5, 0.6) is 5.75 Å². The van der Waals surface area contributed by atoms with Crippen molar-refractivity contribution in [3.05, 3.63) is 28.3 Å². The number of ether oxygens (including phenoxy) is 1. The molecule has 0 N–H and O–H groups in total. The third kappa shape index (κ3) is 2.63. The molecule has 0 saturated carbocycles. The molecule has 0 radical (unpaired) electrons. The van der Waals surface area contributed by atoms with Gasteiger partial charge in [-0.2, -0.15) is 13.2 Å². The highest BCUT2D eigenvalue weighted by Crippen LogP contribution is 2.36. The van der Waals surface area contributed by atoms with E-state index in [1.165, 1.54) is 6.07 Å². The number of alkyl halides is 3. The maximum atomic E-state index is 12.4. The highest BCUT2D eigenvalue weighted by atomic mass is 19.4. The van der Waals surface area contributed by atoms with Gasteiger partial charge in [0, 0.05) is 6.07 Å². The Bertz CT molecular complexity index is 476. The molecule has 0 unspecified atom stereocenters. The van der Waals surface area contributed by atoms with E-state index in [0.29, 0.717) is 0 Å². The highest BCUT2D eigenvalue weighted by Gasteiger charge is 2.33. The molecule has 0 fully saturated rings. The number of nitro groups is 1. The molecule has 18 heavy (non-hydrogen) atoms. The summed E-state index contributed by atoms with van der Waals surface area (Å²) in [5.74, 6) is 0.111. The van der Waals surface area contributed by atoms with Crippen molar-refractivity contribution in [2.24, 2.45) is 0 Å². The fraction of sp³-hybridized carbons (Fsp3) is 0.400. The predicted octanol–water partition coefficient (Wildman–Crippen LogP) is 2.36. The Morgan fingerprint density at radius 2 is 2.17 bits per heavy atom. The van der Waals surface area contributed by atoms with Crippen molar-refractivity contribution in [3.63, 3.8) is 0 Å². The van der Waals surface area contributed by atoms with Gasteiger partial charge in [-0.3, -0.25) is 10.1 Å². The number of hydrogen-bond acceptors (Lipinski definition) is 4.